The van der Waals surface area contributed by atoms with Gasteiger partial charge in [0.05, 0.1) is 11.2 Å². The Balaban J connectivity index is 1.60. The molecular formula is C17H20BrN3O2S. The molecule has 0 aromatic carbocycles. The standard InChI is InChI=1S/C17H20BrN3O2S/c1-11-12(2)19-10-21(16(11)22)8-13-3-5-20(6-4-13)17(23)15-7-14(18)9-24-15/h7,9-10,13H,3-6,8H2,1-2H3. The van der Waals surface area contributed by atoms with Crippen molar-refractivity contribution < 1.29 is 4.79 Å². The van der Waals surface area contributed by atoms with Gasteiger partial charge in [-0.05, 0) is 54.6 Å². The molecule has 2 aromatic rings. The number of aryl methyl sites for hydroxylation is 1. The van der Waals surface area contributed by atoms with E-state index in [1.807, 2.05) is 30.2 Å². The molecule has 1 fully saturated rings. The lowest BCUT2D eigenvalue weighted by Gasteiger charge is -2.32. The van der Waals surface area contributed by atoms with Crippen LogP contribution in [0.25, 0.3) is 0 Å². The highest BCUT2D eigenvalue weighted by molar-refractivity contribution is 9.10. The van der Waals surface area contributed by atoms with Gasteiger partial charge >= 0.3 is 0 Å². The topological polar surface area (TPSA) is 55.2 Å². The maximum absolute atomic E-state index is 12.5. The van der Waals surface area contributed by atoms with Gasteiger partial charge in [-0.25, -0.2) is 4.98 Å². The van der Waals surface area contributed by atoms with E-state index in [9.17, 15) is 9.59 Å². The Labute approximate surface area is 153 Å². The molecule has 5 nitrogen and oxygen atoms in total. The Morgan fingerprint density at radius 3 is 2.71 bits per heavy atom. The van der Waals surface area contributed by atoms with Crippen LogP contribution in [0.15, 0.2) is 27.0 Å². The molecule has 0 radical (unpaired) electrons. The van der Waals surface area contributed by atoms with Gasteiger partial charge in [0.1, 0.15) is 0 Å². The molecule has 0 saturated carbocycles. The SMILES string of the molecule is Cc1ncn(CC2CCN(C(=O)c3cc(Br)cs3)CC2)c(=O)c1C. The van der Waals surface area contributed by atoms with E-state index < -0.39 is 0 Å². The number of carbonyl (C=O) groups is 1. The van der Waals surface area contributed by atoms with Gasteiger partial charge in [-0.1, -0.05) is 0 Å². The highest BCUT2D eigenvalue weighted by Gasteiger charge is 2.25. The number of nitrogens with zero attached hydrogens (tertiary/aromatic N) is 3. The molecule has 0 atom stereocenters. The van der Waals surface area contributed by atoms with Crippen LogP contribution in [0, 0.1) is 19.8 Å². The summed E-state index contributed by atoms with van der Waals surface area (Å²) < 4.78 is 2.66. The number of thiophene rings is 1. The number of amides is 1. The van der Waals surface area contributed by atoms with E-state index in [1.165, 1.54) is 11.3 Å². The maximum atomic E-state index is 12.5. The number of likely N-dealkylation sites (tertiary alicyclic amines) is 1. The van der Waals surface area contributed by atoms with Crippen LogP contribution in [-0.4, -0.2) is 33.4 Å². The second-order valence-corrected chi connectivity index (χ2v) is 8.10. The first-order valence-electron chi connectivity index (χ1n) is 8.01. The zero-order valence-electron chi connectivity index (χ0n) is 13.8. The number of rotatable bonds is 3. The van der Waals surface area contributed by atoms with Crippen molar-refractivity contribution in [2.45, 2.75) is 33.2 Å². The first kappa shape index (κ1) is 17.4. The fourth-order valence-electron chi connectivity index (χ4n) is 2.98. The van der Waals surface area contributed by atoms with Crippen molar-refractivity contribution in [3.63, 3.8) is 0 Å². The zero-order valence-corrected chi connectivity index (χ0v) is 16.2. The molecule has 1 aliphatic rings. The summed E-state index contributed by atoms with van der Waals surface area (Å²) >= 11 is 4.86. The van der Waals surface area contributed by atoms with Crippen molar-refractivity contribution in [3.05, 3.63) is 48.7 Å². The minimum absolute atomic E-state index is 0.0458. The first-order valence-corrected chi connectivity index (χ1v) is 9.69. The van der Waals surface area contributed by atoms with E-state index in [4.69, 9.17) is 0 Å². The van der Waals surface area contributed by atoms with Crippen molar-refractivity contribution in [3.8, 4) is 0 Å². The Hall–Kier alpha value is -1.47. The van der Waals surface area contributed by atoms with Crippen molar-refractivity contribution >= 4 is 33.2 Å². The predicted octanol–water partition coefficient (Wildman–Crippen LogP) is 3.24. The van der Waals surface area contributed by atoms with Crippen LogP contribution in [-0.2, 0) is 6.54 Å². The molecule has 0 N–H and O–H groups in total. The van der Waals surface area contributed by atoms with Gasteiger partial charge < -0.3 is 4.90 Å². The Morgan fingerprint density at radius 1 is 1.38 bits per heavy atom. The largest absolute Gasteiger partial charge is 0.338 e. The lowest BCUT2D eigenvalue weighted by molar-refractivity contribution is 0.0687. The van der Waals surface area contributed by atoms with Crippen molar-refractivity contribution in [1.82, 2.24) is 14.5 Å². The van der Waals surface area contributed by atoms with Crippen LogP contribution in [0.5, 0.6) is 0 Å². The number of piperidine rings is 1. The predicted molar refractivity (Wildman–Crippen MR) is 98.6 cm³/mol. The van der Waals surface area contributed by atoms with Gasteiger partial charge in [-0.3, -0.25) is 14.2 Å². The molecule has 7 heteroatoms. The molecule has 0 bridgehead atoms. The van der Waals surface area contributed by atoms with Crippen molar-refractivity contribution in [2.24, 2.45) is 5.92 Å². The van der Waals surface area contributed by atoms with E-state index >= 15 is 0 Å². The molecule has 2 aromatic heterocycles. The number of hydrogen-bond donors (Lipinski definition) is 0. The number of aromatic nitrogens is 2. The highest BCUT2D eigenvalue weighted by atomic mass is 79.9. The van der Waals surface area contributed by atoms with Crippen molar-refractivity contribution in [1.29, 1.82) is 0 Å². The molecule has 128 valence electrons. The van der Waals surface area contributed by atoms with Gasteiger partial charge in [-0.15, -0.1) is 11.3 Å². The average Bonchev–Trinajstić information content (AvgIpc) is 3.02. The van der Waals surface area contributed by atoms with Crippen LogP contribution in [0.3, 0.4) is 0 Å². The van der Waals surface area contributed by atoms with Gasteiger partial charge in [0.15, 0.2) is 0 Å². The highest BCUT2D eigenvalue weighted by Crippen LogP contribution is 2.24. The Kier molecular flexibility index (Phi) is 5.20. The summed E-state index contributed by atoms with van der Waals surface area (Å²) in [4.78, 5) is 31.7. The van der Waals surface area contributed by atoms with E-state index in [0.717, 1.165) is 41.0 Å². The van der Waals surface area contributed by atoms with E-state index in [0.29, 0.717) is 18.0 Å². The summed E-state index contributed by atoms with van der Waals surface area (Å²) in [7, 11) is 0. The van der Waals surface area contributed by atoms with E-state index in [2.05, 4.69) is 20.9 Å². The van der Waals surface area contributed by atoms with Gasteiger partial charge in [0, 0.05) is 40.7 Å². The third-order valence-corrected chi connectivity index (χ3v) is 6.33. The Morgan fingerprint density at radius 2 is 2.08 bits per heavy atom. The number of hydrogen-bond acceptors (Lipinski definition) is 4. The van der Waals surface area contributed by atoms with Crippen LogP contribution in [0.1, 0.15) is 33.8 Å². The fraction of sp³-hybridized carbons (Fsp3) is 0.471. The second kappa shape index (κ2) is 7.19. The Bertz CT molecular complexity index is 806. The van der Waals surface area contributed by atoms with E-state index in [-0.39, 0.29) is 11.5 Å². The number of carbonyl (C=O) groups excluding carboxylic acids is 1. The molecule has 1 saturated heterocycles. The first-order chi connectivity index (χ1) is 11.5. The summed E-state index contributed by atoms with van der Waals surface area (Å²) in [5.41, 5.74) is 1.55. The van der Waals surface area contributed by atoms with Crippen LogP contribution in [0.4, 0.5) is 0 Å². The summed E-state index contributed by atoms with van der Waals surface area (Å²) in [5, 5.41) is 1.93. The lowest BCUT2D eigenvalue weighted by Crippen LogP contribution is -2.40. The maximum Gasteiger partial charge on any atom is 0.263 e. The van der Waals surface area contributed by atoms with Crippen LogP contribution >= 0.6 is 27.3 Å². The van der Waals surface area contributed by atoms with Gasteiger partial charge in [-0.2, -0.15) is 0 Å². The summed E-state index contributed by atoms with van der Waals surface area (Å²) in [6.45, 7) is 5.84. The third kappa shape index (κ3) is 3.62. The van der Waals surface area contributed by atoms with E-state index in [1.54, 1.807) is 10.9 Å². The van der Waals surface area contributed by atoms with Gasteiger partial charge in [0.2, 0.25) is 0 Å². The lowest BCUT2D eigenvalue weighted by atomic mass is 9.96. The quantitative estimate of drug-likeness (QED) is 0.781. The average molecular weight is 410 g/mol. The molecule has 0 spiro atoms. The van der Waals surface area contributed by atoms with Gasteiger partial charge in [0.25, 0.3) is 11.5 Å². The minimum atomic E-state index is 0.0458. The molecule has 24 heavy (non-hydrogen) atoms. The third-order valence-electron chi connectivity index (χ3n) is 4.65. The van der Waals surface area contributed by atoms with Crippen LogP contribution in [0.2, 0.25) is 0 Å². The summed E-state index contributed by atoms with van der Waals surface area (Å²) in [6, 6.07) is 1.87. The molecular weight excluding hydrogens is 390 g/mol. The van der Waals surface area contributed by atoms with Crippen LogP contribution < -0.4 is 5.56 Å². The second-order valence-electron chi connectivity index (χ2n) is 6.28. The number of halogens is 1. The minimum Gasteiger partial charge on any atom is -0.338 e. The summed E-state index contributed by atoms with van der Waals surface area (Å²) in [6.07, 6.45) is 3.47. The zero-order chi connectivity index (χ0) is 17.3. The monoisotopic (exact) mass is 409 g/mol. The van der Waals surface area contributed by atoms with Crippen molar-refractivity contribution in [2.75, 3.05) is 13.1 Å². The molecule has 0 aliphatic carbocycles. The normalized spacial score (nSPS) is 15.7. The molecule has 3 rings (SSSR count). The molecule has 3 heterocycles. The fourth-order valence-corrected chi connectivity index (χ4v) is 4.38. The molecule has 1 amide bonds. The smallest absolute Gasteiger partial charge is 0.263 e. The molecule has 0 unspecified atom stereocenters. The molecule has 1 aliphatic heterocycles. The summed E-state index contributed by atoms with van der Waals surface area (Å²) in [5.74, 6) is 0.514.